The van der Waals surface area contributed by atoms with E-state index in [1.54, 1.807) is 24.3 Å². The zero-order valence-electron chi connectivity index (χ0n) is 13.8. The summed E-state index contributed by atoms with van der Waals surface area (Å²) in [5, 5.41) is 4.29. The van der Waals surface area contributed by atoms with Crippen LogP contribution in [-0.4, -0.2) is 10.5 Å². The van der Waals surface area contributed by atoms with Crippen LogP contribution in [0.5, 0.6) is 0 Å². The van der Waals surface area contributed by atoms with Gasteiger partial charge in [-0.15, -0.1) is 0 Å². The van der Waals surface area contributed by atoms with E-state index in [2.05, 4.69) is 5.32 Å². The molecule has 1 N–H and O–H groups in total. The Bertz CT molecular complexity index is 1040. The maximum atomic E-state index is 12.5. The zero-order valence-corrected chi connectivity index (χ0v) is 15.3. The van der Waals surface area contributed by atoms with E-state index in [0.717, 1.165) is 22.0 Å². The number of rotatable bonds is 3. The van der Waals surface area contributed by atoms with Crippen LogP contribution in [0.1, 0.15) is 11.1 Å². The number of amides is 1. The minimum absolute atomic E-state index is 0.108. The normalized spacial score (nSPS) is 10.9. The average Bonchev–Trinajstić information content (AvgIpc) is 2.56. The van der Waals surface area contributed by atoms with Crippen molar-refractivity contribution in [3.63, 3.8) is 0 Å². The van der Waals surface area contributed by atoms with E-state index < -0.39 is 0 Å². The van der Waals surface area contributed by atoms with Gasteiger partial charge in [0.05, 0.1) is 21.2 Å². The van der Waals surface area contributed by atoms with Gasteiger partial charge in [-0.05, 0) is 37.1 Å². The van der Waals surface area contributed by atoms with Crippen LogP contribution in [0, 0.1) is 13.8 Å². The van der Waals surface area contributed by atoms with Gasteiger partial charge in [0, 0.05) is 11.5 Å². The molecule has 1 aromatic heterocycles. The molecule has 25 heavy (non-hydrogen) atoms. The van der Waals surface area contributed by atoms with Crippen molar-refractivity contribution in [3.05, 3.63) is 74.0 Å². The molecule has 0 saturated carbocycles. The monoisotopic (exact) mass is 374 g/mol. The van der Waals surface area contributed by atoms with E-state index in [-0.39, 0.29) is 23.0 Å². The van der Waals surface area contributed by atoms with Crippen molar-refractivity contribution in [3.8, 4) is 0 Å². The molecule has 0 atom stereocenters. The summed E-state index contributed by atoms with van der Waals surface area (Å²) in [5.41, 5.74) is 2.79. The highest BCUT2D eigenvalue weighted by molar-refractivity contribution is 6.43. The molecule has 4 nitrogen and oxygen atoms in total. The highest BCUT2D eigenvalue weighted by Gasteiger charge is 2.13. The van der Waals surface area contributed by atoms with Gasteiger partial charge in [0.1, 0.15) is 6.54 Å². The lowest BCUT2D eigenvalue weighted by Gasteiger charge is -2.14. The van der Waals surface area contributed by atoms with Gasteiger partial charge >= 0.3 is 0 Å². The summed E-state index contributed by atoms with van der Waals surface area (Å²) >= 11 is 12.1. The molecule has 0 radical (unpaired) electrons. The molecule has 3 rings (SSSR count). The fourth-order valence-electron chi connectivity index (χ4n) is 2.88. The molecule has 6 heteroatoms. The van der Waals surface area contributed by atoms with E-state index in [1.807, 2.05) is 32.0 Å². The van der Waals surface area contributed by atoms with Crippen molar-refractivity contribution in [1.82, 2.24) is 4.57 Å². The zero-order chi connectivity index (χ0) is 18.1. The van der Waals surface area contributed by atoms with Crippen LogP contribution in [0.2, 0.25) is 10.0 Å². The van der Waals surface area contributed by atoms with Gasteiger partial charge < -0.3 is 5.32 Å². The topological polar surface area (TPSA) is 51.1 Å². The Hall–Kier alpha value is -2.30. The third-order valence-electron chi connectivity index (χ3n) is 4.07. The molecule has 2 aromatic carbocycles. The van der Waals surface area contributed by atoms with Crippen molar-refractivity contribution in [2.45, 2.75) is 20.4 Å². The first kappa shape index (κ1) is 17.5. The largest absolute Gasteiger partial charge is 0.323 e. The van der Waals surface area contributed by atoms with Crippen molar-refractivity contribution in [2.75, 3.05) is 5.32 Å². The second-order valence-electron chi connectivity index (χ2n) is 5.87. The van der Waals surface area contributed by atoms with Gasteiger partial charge in [0.15, 0.2) is 0 Å². The third-order valence-corrected chi connectivity index (χ3v) is 4.88. The highest BCUT2D eigenvalue weighted by atomic mass is 35.5. The van der Waals surface area contributed by atoms with Gasteiger partial charge in [0.2, 0.25) is 5.91 Å². The lowest BCUT2D eigenvalue weighted by molar-refractivity contribution is -0.116. The SMILES string of the molecule is Cc1cc(=O)n(CC(=O)Nc2cccc(Cl)c2Cl)c2c(C)cccc12. The molecule has 0 saturated heterocycles. The molecule has 0 unspecified atom stereocenters. The Morgan fingerprint density at radius 2 is 1.80 bits per heavy atom. The van der Waals surface area contributed by atoms with E-state index in [0.29, 0.717) is 10.7 Å². The predicted octanol–water partition coefficient (Wildman–Crippen LogP) is 4.56. The Balaban J connectivity index is 1.99. The van der Waals surface area contributed by atoms with Crippen LogP contribution >= 0.6 is 23.2 Å². The molecular formula is C19H16Cl2N2O2. The first-order valence-electron chi connectivity index (χ1n) is 7.72. The number of pyridine rings is 1. The number of nitrogens with zero attached hydrogens (tertiary/aromatic N) is 1. The quantitative estimate of drug-likeness (QED) is 0.730. The summed E-state index contributed by atoms with van der Waals surface area (Å²) in [5.74, 6) is -0.348. The van der Waals surface area contributed by atoms with Gasteiger partial charge in [0.25, 0.3) is 5.56 Å². The summed E-state index contributed by atoms with van der Waals surface area (Å²) in [6.45, 7) is 3.70. The van der Waals surface area contributed by atoms with Crippen molar-refractivity contribution in [1.29, 1.82) is 0 Å². The van der Waals surface area contributed by atoms with Gasteiger partial charge in [-0.1, -0.05) is 47.5 Å². The van der Waals surface area contributed by atoms with E-state index in [1.165, 1.54) is 4.57 Å². The molecule has 0 aliphatic heterocycles. The number of fused-ring (bicyclic) bond motifs is 1. The number of halogens is 2. The summed E-state index contributed by atoms with van der Waals surface area (Å²) in [7, 11) is 0. The van der Waals surface area contributed by atoms with Crippen molar-refractivity contribution >= 4 is 45.7 Å². The van der Waals surface area contributed by atoms with Crippen LogP contribution in [-0.2, 0) is 11.3 Å². The number of aryl methyl sites for hydroxylation is 2. The molecule has 3 aromatic rings. The summed E-state index contributed by atoms with van der Waals surface area (Å²) < 4.78 is 1.48. The molecule has 0 aliphatic carbocycles. The molecule has 1 heterocycles. The smallest absolute Gasteiger partial charge is 0.251 e. The predicted molar refractivity (Wildman–Crippen MR) is 103 cm³/mol. The number of hydrogen-bond acceptors (Lipinski definition) is 2. The summed E-state index contributed by atoms with van der Waals surface area (Å²) in [4.78, 5) is 24.9. The van der Waals surface area contributed by atoms with Crippen LogP contribution in [0.25, 0.3) is 10.9 Å². The molecule has 0 fully saturated rings. The number of aromatic nitrogens is 1. The number of nitrogens with one attached hydrogen (secondary N) is 1. The molecule has 0 bridgehead atoms. The lowest BCUT2D eigenvalue weighted by atomic mass is 10.1. The second kappa shape index (κ2) is 6.90. The maximum Gasteiger partial charge on any atom is 0.251 e. The number of carbonyl (C=O) groups is 1. The van der Waals surface area contributed by atoms with Crippen molar-refractivity contribution < 1.29 is 4.79 Å². The lowest BCUT2D eigenvalue weighted by Crippen LogP contribution is -2.28. The first-order chi connectivity index (χ1) is 11.9. The number of para-hydroxylation sites is 1. The van der Waals surface area contributed by atoms with Gasteiger partial charge in [-0.25, -0.2) is 0 Å². The highest BCUT2D eigenvalue weighted by Crippen LogP contribution is 2.29. The molecule has 1 amide bonds. The summed E-state index contributed by atoms with van der Waals surface area (Å²) in [6.07, 6.45) is 0. The first-order valence-corrected chi connectivity index (χ1v) is 8.47. The van der Waals surface area contributed by atoms with Crippen LogP contribution in [0.15, 0.2) is 47.3 Å². The van der Waals surface area contributed by atoms with E-state index in [4.69, 9.17) is 23.2 Å². The Labute approximate surface area is 155 Å². The van der Waals surface area contributed by atoms with Crippen LogP contribution in [0.4, 0.5) is 5.69 Å². The fourth-order valence-corrected chi connectivity index (χ4v) is 3.22. The average molecular weight is 375 g/mol. The third kappa shape index (κ3) is 3.41. The molecular weight excluding hydrogens is 359 g/mol. The maximum absolute atomic E-state index is 12.5. The minimum Gasteiger partial charge on any atom is -0.323 e. The summed E-state index contributed by atoms with van der Waals surface area (Å²) in [6, 6.07) is 12.3. The van der Waals surface area contributed by atoms with E-state index in [9.17, 15) is 9.59 Å². The standard InChI is InChI=1S/C19H16Cl2N2O2/c1-11-5-3-6-13-12(2)9-17(25)23(19(11)13)10-16(24)22-15-8-4-7-14(20)18(15)21/h3-9H,10H2,1-2H3,(H,22,24). The van der Waals surface area contributed by atoms with Gasteiger partial charge in [-0.3, -0.25) is 14.2 Å². The molecule has 0 aliphatic rings. The number of anilines is 1. The Morgan fingerprint density at radius 3 is 2.56 bits per heavy atom. The number of carbonyl (C=O) groups excluding carboxylic acids is 1. The van der Waals surface area contributed by atoms with Crippen LogP contribution < -0.4 is 10.9 Å². The molecule has 0 spiro atoms. The van der Waals surface area contributed by atoms with Gasteiger partial charge in [-0.2, -0.15) is 0 Å². The minimum atomic E-state index is -0.348. The molecule has 128 valence electrons. The van der Waals surface area contributed by atoms with Crippen LogP contribution in [0.3, 0.4) is 0 Å². The fraction of sp³-hybridized carbons (Fsp3) is 0.158. The van der Waals surface area contributed by atoms with E-state index >= 15 is 0 Å². The Kier molecular flexibility index (Phi) is 4.84. The Morgan fingerprint density at radius 1 is 1.08 bits per heavy atom. The second-order valence-corrected chi connectivity index (χ2v) is 6.66. The number of benzene rings is 2. The van der Waals surface area contributed by atoms with Crippen molar-refractivity contribution in [2.24, 2.45) is 0 Å². The number of hydrogen-bond donors (Lipinski definition) is 1.